The molecule has 0 radical (unpaired) electrons. The summed E-state index contributed by atoms with van der Waals surface area (Å²) in [5.74, 6) is -0.175. The third-order valence-corrected chi connectivity index (χ3v) is 5.42. The number of ether oxygens (including phenoxy) is 2. The number of rotatable bonds is 9. The van der Waals surface area contributed by atoms with E-state index < -0.39 is 17.8 Å². The number of amides is 3. The van der Waals surface area contributed by atoms with E-state index in [-0.39, 0.29) is 31.8 Å². The number of carbonyl (C=O) groups is 2. The third kappa shape index (κ3) is 6.11. The van der Waals surface area contributed by atoms with E-state index in [1.165, 1.54) is 23.1 Å². The Kier molecular flexibility index (Phi) is 8.59. The number of nitrogens with one attached hydrogen (secondary N) is 1. The summed E-state index contributed by atoms with van der Waals surface area (Å²) in [6, 6.07) is 12.6. The van der Waals surface area contributed by atoms with Gasteiger partial charge in [-0.15, -0.1) is 0 Å². The molecule has 3 rings (SSSR count). The van der Waals surface area contributed by atoms with Crippen molar-refractivity contribution in [2.45, 2.75) is 32.4 Å². The van der Waals surface area contributed by atoms with Crippen LogP contribution in [-0.2, 0) is 9.53 Å². The van der Waals surface area contributed by atoms with Gasteiger partial charge in [0.1, 0.15) is 18.1 Å². The van der Waals surface area contributed by atoms with Crippen molar-refractivity contribution in [3.63, 3.8) is 0 Å². The van der Waals surface area contributed by atoms with E-state index in [1.54, 1.807) is 25.3 Å². The summed E-state index contributed by atoms with van der Waals surface area (Å²) in [5.41, 5.74) is 1.79. The highest BCUT2D eigenvalue weighted by molar-refractivity contribution is 6.03. The maximum Gasteiger partial charge on any atom is 0.318 e. The van der Waals surface area contributed by atoms with Crippen LogP contribution >= 0.6 is 0 Å². The number of carbonyl (C=O) groups excluding carboxylic acids is 2. The molecule has 0 saturated carbocycles. The van der Waals surface area contributed by atoms with Gasteiger partial charge in [0.05, 0.1) is 25.5 Å². The molecule has 1 aliphatic rings. The van der Waals surface area contributed by atoms with Gasteiger partial charge in [-0.3, -0.25) is 4.79 Å². The molecule has 0 bridgehead atoms. The minimum Gasteiger partial charge on any atom is -0.497 e. The summed E-state index contributed by atoms with van der Waals surface area (Å²) in [7, 11) is 3.10. The fourth-order valence-electron chi connectivity index (χ4n) is 3.73. The smallest absolute Gasteiger partial charge is 0.318 e. The molecule has 0 aromatic heterocycles. The van der Waals surface area contributed by atoms with E-state index in [0.717, 1.165) is 5.56 Å². The fraction of sp³-hybridized carbons (Fsp3) is 0.400. The number of nitrogens with zero attached hydrogens (tertiary/aromatic N) is 3. The largest absolute Gasteiger partial charge is 0.497 e. The first-order valence-corrected chi connectivity index (χ1v) is 11.2. The van der Waals surface area contributed by atoms with Crippen molar-refractivity contribution in [2.75, 3.05) is 33.9 Å². The molecule has 34 heavy (non-hydrogen) atoms. The third-order valence-electron chi connectivity index (χ3n) is 5.42. The summed E-state index contributed by atoms with van der Waals surface area (Å²) in [5, 5.41) is 8.66. The van der Waals surface area contributed by atoms with Crippen molar-refractivity contribution >= 4 is 17.6 Å². The van der Waals surface area contributed by atoms with Crippen LogP contribution in [0.3, 0.4) is 0 Å². The topological polar surface area (TPSA) is 83.5 Å². The highest BCUT2D eigenvalue weighted by Gasteiger charge is 2.35. The van der Waals surface area contributed by atoms with Crippen LogP contribution in [-0.4, -0.2) is 67.5 Å². The highest BCUT2D eigenvalue weighted by atomic mass is 19.1. The monoisotopic (exact) mass is 470 g/mol. The molecule has 1 aliphatic heterocycles. The molecule has 1 heterocycles. The molecule has 1 unspecified atom stereocenters. The zero-order valence-electron chi connectivity index (χ0n) is 20.0. The summed E-state index contributed by atoms with van der Waals surface area (Å²) in [4.78, 5) is 27.4. The first-order chi connectivity index (χ1) is 16.3. The molecule has 0 aliphatic carbocycles. The van der Waals surface area contributed by atoms with Crippen molar-refractivity contribution in [2.24, 2.45) is 5.10 Å². The standard InChI is InChI=1S/C25H31FN4O4/c1-17(2)27-25(32)29(12-13-33-3)16-24(31)30-23(20-10-5-6-11-21(20)26)15-22(28-30)18-8-7-9-19(14-18)34-4/h5-11,14,17,23H,12-13,15-16H2,1-4H3,(H,27,32). The van der Waals surface area contributed by atoms with E-state index >= 15 is 0 Å². The quantitative estimate of drug-likeness (QED) is 0.607. The minimum absolute atomic E-state index is 0.0942. The van der Waals surface area contributed by atoms with Crippen LogP contribution in [0, 0.1) is 5.82 Å². The molecule has 0 fully saturated rings. The lowest BCUT2D eigenvalue weighted by Gasteiger charge is -2.27. The molecular formula is C25H31FN4O4. The Labute approximate surface area is 199 Å². The summed E-state index contributed by atoms with van der Waals surface area (Å²) in [6.45, 7) is 3.96. The lowest BCUT2D eigenvalue weighted by atomic mass is 9.98. The summed E-state index contributed by atoms with van der Waals surface area (Å²) < 4.78 is 25.1. The Morgan fingerprint density at radius 2 is 1.97 bits per heavy atom. The van der Waals surface area contributed by atoms with E-state index in [2.05, 4.69) is 10.4 Å². The molecule has 1 N–H and O–H groups in total. The first kappa shape index (κ1) is 25.2. The molecule has 2 aromatic carbocycles. The van der Waals surface area contributed by atoms with Crippen molar-refractivity contribution in [1.82, 2.24) is 15.2 Å². The first-order valence-electron chi connectivity index (χ1n) is 11.2. The normalized spacial score (nSPS) is 15.3. The average molecular weight is 471 g/mol. The predicted octanol–water partition coefficient (Wildman–Crippen LogP) is 3.58. The van der Waals surface area contributed by atoms with Gasteiger partial charge in [-0.05, 0) is 32.0 Å². The number of hydrogen-bond donors (Lipinski definition) is 1. The van der Waals surface area contributed by atoms with E-state index in [1.807, 2.05) is 38.1 Å². The molecule has 9 heteroatoms. The van der Waals surface area contributed by atoms with Crippen LogP contribution in [0.5, 0.6) is 5.75 Å². The van der Waals surface area contributed by atoms with Gasteiger partial charge in [-0.1, -0.05) is 30.3 Å². The molecule has 1 atom stereocenters. The minimum atomic E-state index is -0.632. The van der Waals surface area contributed by atoms with Gasteiger partial charge in [-0.25, -0.2) is 14.2 Å². The van der Waals surface area contributed by atoms with Crippen molar-refractivity contribution in [3.8, 4) is 5.75 Å². The second-order valence-corrected chi connectivity index (χ2v) is 8.28. The number of halogens is 1. The molecular weight excluding hydrogens is 439 g/mol. The lowest BCUT2D eigenvalue weighted by Crippen LogP contribution is -2.48. The average Bonchev–Trinajstić information content (AvgIpc) is 3.27. The summed E-state index contributed by atoms with van der Waals surface area (Å²) in [6.07, 6.45) is 0.329. The highest BCUT2D eigenvalue weighted by Crippen LogP contribution is 2.34. The van der Waals surface area contributed by atoms with Crippen LogP contribution in [0.1, 0.15) is 37.4 Å². The molecule has 2 aromatic rings. The maximum absolute atomic E-state index is 14.7. The van der Waals surface area contributed by atoms with Gasteiger partial charge >= 0.3 is 6.03 Å². The van der Waals surface area contributed by atoms with Gasteiger partial charge in [0, 0.05) is 37.2 Å². The second-order valence-electron chi connectivity index (χ2n) is 8.28. The van der Waals surface area contributed by atoms with E-state index in [0.29, 0.717) is 23.4 Å². The van der Waals surface area contributed by atoms with Crippen LogP contribution in [0.15, 0.2) is 53.6 Å². The Morgan fingerprint density at radius 1 is 1.21 bits per heavy atom. The Morgan fingerprint density at radius 3 is 2.65 bits per heavy atom. The fourth-order valence-corrected chi connectivity index (χ4v) is 3.73. The van der Waals surface area contributed by atoms with Crippen LogP contribution in [0.2, 0.25) is 0 Å². The van der Waals surface area contributed by atoms with Crippen molar-refractivity contribution < 1.29 is 23.5 Å². The lowest BCUT2D eigenvalue weighted by molar-refractivity contribution is -0.133. The van der Waals surface area contributed by atoms with Gasteiger partial charge in [-0.2, -0.15) is 5.10 Å². The van der Waals surface area contributed by atoms with Gasteiger partial charge in [0.25, 0.3) is 5.91 Å². The van der Waals surface area contributed by atoms with Gasteiger partial charge in [0.15, 0.2) is 0 Å². The predicted molar refractivity (Wildman–Crippen MR) is 127 cm³/mol. The zero-order chi connectivity index (χ0) is 24.7. The van der Waals surface area contributed by atoms with Crippen molar-refractivity contribution in [3.05, 3.63) is 65.5 Å². The Bertz CT molecular complexity index is 1040. The number of urea groups is 1. The van der Waals surface area contributed by atoms with Crippen molar-refractivity contribution in [1.29, 1.82) is 0 Å². The van der Waals surface area contributed by atoms with Crippen LogP contribution in [0.4, 0.5) is 9.18 Å². The zero-order valence-corrected chi connectivity index (χ0v) is 20.0. The second kappa shape index (κ2) is 11.6. The molecule has 0 saturated heterocycles. The Hall–Kier alpha value is -3.46. The summed E-state index contributed by atoms with van der Waals surface area (Å²) >= 11 is 0. The van der Waals surface area contributed by atoms with Crippen LogP contribution in [0.25, 0.3) is 0 Å². The number of benzene rings is 2. The number of methoxy groups -OCH3 is 2. The maximum atomic E-state index is 14.7. The molecule has 0 spiro atoms. The van der Waals surface area contributed by atoms with Gasteiger partial charge < -0.3 is 19.7 Å². The SMILES string of the molecule is COCCN(CC(=O)N1N=C(c2cccc(OC)c2)CC1c1ccccc1F)C(=O)NC(C)C. The van der Waals surface area contributed by atoms with Gasteiger partial charge in [0.2, 0.25) is 0 Å². The molecule has 8 nitrogen and oxygen atoms in total. The van der Waals surface area contributed by atoms with E-state index in [4.69, 9.17) is 9.47 Å². The number of hydrogen-bond acceptors (Lipinski definition) is 5. The molecule has 3 amide bonds. The number of hydrazone groups is 1. The van der Waals surface area contributed by atoms with E-state index in [9.17, 15) is 14.0 Å². The molecule has 182 valence electrons. The Balaban J connectivity index is 1.92. The van der Waals surface area contributed by atoms with Crippen LogP contribution < -0.4 is 10.1 Å².